The third-order valence-electron chi connectivity index (χ3n) is 6.12. The third kappa shape index (κ3) is 4.38. The molecule has 1 unspecified atom stereocenters. The molecule has 3 aromatic heterocycles. The maximum absolute atomic E-state index is 13.7. The summed E-state index contributed by atoms with van der Waals surface area (Å²) in [6, 6.07) is 7.91. The predicted octanol–water partition coefficient (Wildman–Crippen LogP) is 4.33. The fraction of sp³-hybridized carbons (Fsp3) is 0.320. The Morgan fingerprint density at radius 3 is 2.76 bits per heavy atom. The lowest BCUT2D eigenvalue weighted by Crippen LogP contribution is -2.28. The summed E-state index contributed by atoms with van der Waals surface area (Å²) in [5, 5.41) is 4.82. The van der Waals surface area contributed by atoms with Gasteiger partial charge < -0.3 is 5.32 Å². The van der Waals surface area contributed by atoms with E-state index in [1.54, 1.807) is 23.2 Å². The first-order valence-corrected chi connectivity index (χ1v) is 11.6. The quantitative estimate of drug-likeness (QED) is 0.477. The lowest BCUT2D eigenvalue weighted by Gasteiger charge is -2.16. The monoisotopic (exact) mass is 460 g/mol. The van der Waals surface area contributed by atoms with E-state index in [1.165, 1.54) is 6.42 Å². The zero-order chi connectivity index (χ0) is 22.9. The molecule has 1 N–H and O–H groups in total. The first-order valence-electron chi connectivity index (χ1n) is 11.2. The molecule has 0 radical (unpaired) electrons. The highest BCUT2D eigenvalue weighted by atomic mass is 35.5. The molecule has 0 aliphatic carbocycles. The molecule has 1 saturated heterocycles. The van der Waals surface area contributed by atoms with Crippen LogP contribution in [0.25, 0.3) is 33.4 Å². The second-order valence-corrected chi connectivity index (χ2v) is 8.94. The number of nitrogens with one attached hydrogen (secondary N) is 1. The van der Waals surface area contributed by atoms with Crippen LogP contribution in [0, 0.1) is 13.8 Å². The van der Waals surface area contributed by atoms with Crippen molar-refractivity contribution in [1.82, 2.24) is 29.8 Å². The molecule has 7 nitrogen and oxygen atoms in total. The zero-order valence-corrected chi connectivity index (χ0v) is 19.4. The van der Waals surface area contributed by atoms with Crippen molar-refractivity contribution in [1.29, 1.82) is 0 Å². The minimum absolute atomic E-state index is 0.0939. The van der Waals surface area contributed by atoms with Crippen molar-refractivity contribution in [2.75, 3.05) is 6.54 Å². The Bertz CT molecular complexity index is 1390. The number of benzene rings is 1. The van der Waals surface area contributed by atoms with Crippen molar-refractivity contribution in [2.45, 2.75) is 45.7 Å². The Morgan fingerprint density at radius 2 is 2.00 bits per heavy atom. The van der Waals surface area contributed by atoms with E-state index in [-0.39, 0.29) is 5.56 Å². The largest absolute Gasteiger partial charge is 0.314 e. The molecule has 1 aliphatic heterocycles. The van der Waals surface area contributed by atoms with Gasteiger partial charge in [0.2, 0.25) is 0 Å². The molecule has 0 spiro atoms. The normalized spacial score (nSPS) is 15.9. The number of hydrogen-bond acceptors (Lipinski definition) is 6. The number of hydrogen-bond donors (Lipinski definition) is 1. The highest BCUT2D eigenvalue weighted by Gasteiger charge is 2.18. The molecule has 1 atom stereocenters. The summed E-state index contributed by atoms with van der Waals surface area (Å²) in [5.41, 5.74) is 4.22. The van der Waals surface area contributed by atoms with Crippen molar-refractivity contribution in [2.24, 2.45) is 0 Å². The summed E-state index contributed by atoms with van der Waals surface area (Å²) in [5.74, 6) is 0.643. The number of pyridine rings is 1. The molecule has 4 aromatic rings. The Balaban J connectivity index is 1.59. The van der Waals surface area contributed by atoms with Crippen LogP contribution < -0.4 is 10.9 Å². The lowest BCUT2D eigenvalue weighted by molar-refractivity contribution is 0.504. The van der Waals surface area contributed by atoms with Crippen LogP contribution in [0.5, 0.6) is 0 Å². The minimum Gasteiger partial charge on any atom is -0.314 e. The van der Waals surface area contributed by atoms with E-state index in [9.17, 15) is 4.79 Å². The van der Waals surface area contributed by atoms with Gasteiger partial charge >= 0.3 is 0 Å². The topological polar surface area (TPSA) is 85.6 Å². The highest BCUT2D eigenvalue weighted by Crippen LogP contribution is 2.31. The van der Waals surface area contributed by atoms with E-state index in [4.69, 9.17) is 11.6 Å². The molecule has 4 heterocycles. The summed E-state index contributed by atoms with van der Waals surface area (Å²) in [4.78, 5) is 31.3. The van der Waals surface area contributed by atoms with Gasteiger partial charge in [0.05, 0.1) is 17.6 Å². The number of rotatable bonds is 5. The SMILES string of the molecule is Cc1cncc(-c2ccc(-c3cc4cnc(C)nc4n(CCC4CCCN4)c3=O)c(Cl)c2)n1. The summed E-state index contributed by atoms with van der Waals surface area (Å²) < 4.78 is 1.77. The van der Waals surface area contributed by atoms with Gasteiger partial charge in [0.1, 0.15) is 11.5 Å². The van der Waals surface area contributed by atoms with Crippen LogP contribution in [-0.2, 0) is 6.54 Å². The number of nitrogens with zero attached hydrogens (tertiary/aromatic N) is 5. The van der Waals surface area contributed by atoms with Crippen molar-refractivity contribution in [3.05, 3.63) is 69.8 Å². The van der Waals surface area contributed by atoms with Crippen LogP contribution in [0.15, 0.2) is 47.7 Å². The van der Waals surface area contributed by atoms with Crippen molar-refractivity contribution >= 4 is 22.6 Å². The van der Waals surface area contributed by atoms with E-state index in [0.29, 0.717) is 40.2 Å². The molecule has 5 rings (SSSR count). The molecule has 33 heavy (non-hydrogen) atoms. The number of halogens is 1. The minimum atomic E-state index is -0.0939. The van der Waals surface area contributed by atoms with Gasteiger partial charge in [0.15, 0.2) is 0 Å². The average molecular weight is 461 g/mol. The van der Waals surface area contributed by atoms with Crippen LogP contribution >= 0.6 is 11.6 Å². The Labute approximate surface area is 196 Å². The molecule has 8 heteroatoms. The lowest BCUT2D eigenvalue weighted by atomic mass is 10.0. The molecule has 0 amide bonds. The highest BCUT2D eigenvalue weighted by molar-refractivity contribution is 6.33. The molecule has 0 bridgehead atoms. The van der Waals surface area contributed by atoms with Gasteiger partial charge in [-0.15, -0.1) is 0 Å². The van der Waals surface area contributed by atoms with Crippen LogP contribution in [0.3, 0.4) is 0 Å². The van der Waals surface area contributed by atoms with Gasteiger partial charge in [-0.2, -0.15) is 0 Å². The van der Waals surface area contributed by atoms with Crippen molar-refractivity contribution < 1.29 is 0 Å². The van der Waals surface area contributed by atoms with E-state index in [0.717, 1.165) is 41.7 Å². The fourth-order valence-corrected chi connectivity index (χ4v) is 4.71. The summed E-state index contributed by atoms with van der Waals surface area (Å²) in [6.45, 7) is 5.36. The van der Waals surface area contributed by atoms with Crippen molar-refractivity contribution in [3.8, 4) is 22.4 Å². The summed E-state index contributed by atoms with van der Waals surface area (Å²) in [6.07, 6.45) is 8.38. The molecule has 1 fully saturated rings. The van der Waals surface area contributed by atoms with Crippen LogP contribution in [0.2, 0.25) is 5.02 Å². The summed E-state index contributed by atoms with van der Waals surface area (Å²) in [7, 11) is 0. The van der Waals surface area contributed by atoms with Gasteiger partial charge in [-0.1, -0.05) is 23.7 Å². The zero-order valence-electron chi connectivity index (χ0n) is 18.7. The first-order chi connectivity index (χ1) is 16.0. The molecular formula is C25H25ClN6O. The maximum Gasteiger partial charge on any atom is 0.260 e. The van der Waals surface area contributed by atoms with Gasteiger partial charge in [-0.05, 0) is 51.8 Å². The van der Waals surface area contributed by atoms with Crippen LogP contribution in [0.1, 0.15) is 30.8 Å². The molecular weight excluding hydrogens is 436 g/mol. The number of fused-ring (bicyclic) bond motifs is 1. The predicted molar refractivity (Wildman–Crippen MR) is 130 cm³/mol. The van der Waals surface area contributed by atoms with E-state index < -0.39 is 0 Å². The molecule has 0 saturated carbocycles. The van der Waals surface area contributed by atoms with Crippen molar-refractivity contribution in [3.63, 3.8) is 0 Å². The number of aryl methyl sites for hydroxylation is 3. The summed E-state index contributed by atoms with van der Waals surface area (Å²) >= 11 is 6.70. The van der Waals surface area contributed by atoms with Gasteiger partial charge in [0, 0.05) is 52.1 Å². The Kier molecular flexibility index (Phi) is 5.91. The Morgan fingerprint density at radius 1 is 1.12 bits per heavy atom. The second-order valence-electron chi connectivity index (χ2n) is 8.53. The third-order valence-corrected chi connectivity index (χ3v) is 6.43. The van der Waals surface area contributed by atoms with Crippen LogP contribution in [0.4, 0.5) is 0 Å². The smallest absolute Gasteiger partial charge is 0.260 e. The molecule has 168 valence electrons. The second kappa shape index (κ2) is 9.00. The number of aromatic nitrogens is 5. The average Bonchev–Trinajstić information content (AvgIpc) is 3.32. The Hall–Kier alpha value is -3.16. The van der Waals surface area contributed by atoms with Gasteiger partial charge in [-0.25, -0.2) is 15.0 Å². The fourth-order valence-electron chi connectivity index (χ4n) is 4.43. The van der Waals surface area contributed by atoms with Gasteiger partial charge in [-0.3, -0.25) is 14.3 Å². The maximum atomic E-state index is 13.7. The van der Waals surface area contributed by atoms with E-state index in [1.807, 2.05) is 38.1 Å². The molecule has 1 aliphatic rings. The van der Waals surface area contributed by atoms with Crippen LogP contribution in [-0.4, -0.2) is 37.1 Å². The standard InChI is InChI=1S/C25H25ClN6O/c1-15-12-27-14-23(30-15)17-5-6-20(22(26)11-17)21-10-18-13-29-16(2)31-24(18)32(25(21)33)9-7-19-4-3-8-28-19/h5-6,10-14,19,28H,3-4,7-9H2,1-2H3. The first kappa shape index (κ1) is 21.7. The van der Waals surface area contributed by atoms with E-state index in [2.05, 4.69) is 25.3 Å². The van der Waals surface area contributed by atoms with Gasteiger partial charge in [0.25, 0.3) is 5.56 Å². The van der Waals surface area contributed by atoms with E-state index >= 15 is 0 Å². The molecule has 1 aromatic carbocycles.